The molecule has 2 aromatic rings. The smallest absolute Gasteiger partial charge is 0.416 e. The highest BCUT2D eigenvalue weighted by Crippen LogP contribution is 2.40. The molecule has 0 amide bonds. The second-order valence-corrected chi connectivity index (χ2v) is 5.79. The van der Waals surface area contributed by atoms with Gasteiger partial charge in [-0.2, -0.15) is 13.2 Å². The molecule has 1 atom stereocenters. The second-order valence-electron chi connectivity index (χ2n) is 4.55. The van der Waals surface area contributed by atoms with Gasteiger partial charge in [0.2, 0.25) is 0 Å². The molecule has 1 heterocycles. The summed E-state index contributed by atoms with van der Waals surface area (Å²) in [5, 5.41) is 0. The molecule has 0 saturated carbocycles. The average Bonchev–Trinajstić information content (AvgIpc) is 3.25. The van der Waals surface area contributed by atoms with Crippen molar-refractivity contribution in [3.8, 4) is 11.5 Å². The lowest BCUT2D eigenvalue weighted by molar-refractivity contribution is -0.138. The van der Waals surface area contributed by atoms with Crippen LogP contribution in [0.1, 0.15) is 17.2 Å². The molecule has 0 bridgehead atoms. The highest BCUT2D eigenvalue weighted by Gasteiger charge is 2.37. The van der Waals surface area contributed by atoms with Crippen LogP contribution in [0.3, 0.4) is 0 Å². The molecule has 2 aromatic carbocycles. The van der Waals surface area contributed by atoms with Gasteiger partial charge in [-0.05, 0) is 64.6 Å². The lowest BCUT2D eigenvalue weighted by Gasteiger charge is -2.14. The van der Waals surface area contributed by atoms with Crippen LogP contribution in [-0.4, -0.2) is 6.21 Å². The Morgan fingerprint density at radius 3 is 2.19 bits per heavy atom. The number of alkyl halides is 3. The number of aliphatic imine (C=N–C) groups is 1. The van der Waals surface area contributed by atoms with Gasteiger partial charge in [-0.3, -0.25) is 4.99 Å². The summed E-state index contributed by atoms with van der Waals surface area (Å²) in [5.41, 5.74) is -0.537. The predicted molar refractivity (Wildman–Crippen MR) is 81.9 cm³/mol. The van der Waals surface area contributed by atoms with Crippen molar-refractivity contribution in [1.82, 2.24) is 0 Å². The standard InChI is InChI=1S/C15H9F3INO/c16-15(17,18)13-7-11(5-6-12(13)14-8-20-14)21-10-3-1-9(19)2-4-10/h1-8,14H. The van der Waals surface area contributed by atoms with Gasteiger partial charge in [0.25, 0.3) is 0 Å². The maximum Gasteiger partial charge on any atom is 0.416 e. The van der Waals surface area contributed by atoms with Gasteiger partial charge in [-0.1, -0.05) is 6.07 Å². The number of hydrogen-bond donors (Lipinski definition) is 0. The summed E-state index contributed by atoms with van der Waals surface area (Å²) in [6.45, 7) is 0. The van der Waals surface area contributed by atoms with Crippen LogP contribution >= 0.6 is 22.6 Å². The molecule has 2 nitrogen and oxygen atoms in total. The Bertz CT molecular complexity index is 689. The zero-order valence-corrected chi connectivity index (χ0v) is 12.7. The van der Waals surface area contributed by atoms with Crippen molar-refractivity contribution in [2.45, 2.75) is 12.2 Å². The van der Waals surface area contributed by atoms with Gasteiger partial charge in [-0.25, -0.2) is 0 Å². The van der Waals surface area contributed by atoms with Crippen LogP contribution in [0.25, 0.3) is 0 Å². The quantitative estimate of drug-likeness (QED) is 0.644. The van der Waals surface area contributed by atoms with Crippen LogP contribution in [0.2, 0.25) is 0 Å². The van der Waals surface area contributed by atoms with E-state index in [1.165, 1.54) is 18.3 Å². The predicted octanol–water partition coefficient (Wildman–Crippen LogP) is 5.23. The SMILES string of the molecule is FC(F)(F)c1cc(Oc2ccc(I)cc2)ccc1C1C=N1. The highest BCUT2D eigenvalue weighted by atomic mass is 127. The van der Waals surface area contributed by atoms with Crippen LogP contribution in [0, 0.1) is 3.57 Å². The second kappa shape index (κ2) is 5.32. The molecule has 0 spiro atoms. The van der Waals surface area contributed by atoms with Crippen LogP contribution < -0.4 is 4.74 Å². The minimum atomic E-state index is -4.42. The number of rotatable bonds is 3. The molecule has 0 saturated heterocycles. The molecule has 0 radical (unpaired) electrons. The van der Waals surface area contributed by atoms with E-state index in [9.17, 15) is 13.2 Å². The normalized spacial score (nSPS) is 16.9. The summed E-state index contributed by atoms with van der Waals surface area (Å²) in [7, 11) is 0. The van der Waals surface area contributed by atoms with E-state index in [1.807, 2.05) is 12.1 Å². The third-order valence-corrected chi connectivity index (χ3v) is 3.72. The Morgan fingerprint density at radius 1 is 1.00 bits per heavy atom. The average molecular weight is 403 g/mol. The lowest BCUT2D eigenvalue weighted by Crippen LogP contribution is -2.09. The summed E-state index contributed by atoms with van der Waals surface area (Å²) in [6.07, 6.45) is -2.93. The van der Waals surface area contributed by atoms with Gasteiger partial charge in [0.15, 0.2) is 0 Å². The maximum absolute atomic E-state index is 13.1. The maximum atomic E-state index is 13.1. The molecule has 0 aliphatic carbocycles. The van der Waals surface area contributed by atoms with E-state index in [1.54, 1.807) is 12.1 Å². The molecule has 6 heteroatoms. The largest absolute Gasteiger partial charge is 0.457 e. The summed E-state index contributed by atoms with van der Waals surface area (Å²) in [6, 6.07) is 10.6. The molecule has 0 aromatic heterocycles. The van der Waals surface area contributed by atoms with Crippen molar-refractivity contribution in [3.63, 3.8) is 0 Å². The van der Waals surface area contributed by atoms with Gasteiger partial charge >= 0.3 is 6.18 Å². The monoisotopic (exact) mass is 403 g/mol. The summed E-state index contributed by atoms with van der Waals surface area (Å²) in [5.74, 6) is 0.659. The van der Waals surface area contributed by atoms with E-state index in [-0.39, 0.29) is 11.3 Å². The summed E-state index contributed by atoms with van der Waals surface area (Å²) < 4.78 is 45.8. The topological polar surface area (TPSA) is 21.6 Å². The third kappa shape index (κ3) is 3.37. The minimum Gasteiger partial charge on any atom is -0.457 e. The summed E-state index contributed by atoms with van der Waals surface area (Å²) >= 11 is 2.14. The van der Waals surface area contributed by atoms with E-state index < -0.39 is 17.8 Å². The van der Waals surface area contributed by atoms with Crippen molar-refractivity contribution in [2.24, 2.45) is 4.99 Å². The molecular formula is C15H9F3INO. The van der Waals surface area contributed by atoms with E-state index in [0.717, 1.165) is 9.64 Å². The fraction of sp³-hybridized carbons (Fsp3) is 0.133. The first-order chi connectivity index (χ1) is 9.93. The zero-order chi connectivity index (χ0) is 15.0. The number of nitrogens with zero attached hydrogens (tertiary/aromatic N) is 1. The first-order valence-corrected chi connectivity index (χ1v) is 7.19. The Balaban J connectivity index is 1.91. The summed E-state index contributed by atoms with van der Waals surface area (Å²) in [4.78, 5) is 3.80. The van der Waals surface area contributed by atoms with Crippen molar-refractivity contribution < 1.29 is 17.9 Å². The molecule has 1 aliphatic rings. The third-order valence-electron chi connectivity index (χ3n) is 3.00. The number of ether oxygens (including phenoxy) is 1. The Hall–Kier alpha value is -1.57. The van der Waals surface area contributed by atoms with Crippen LogP contribution in [0.4, 0.5) is 13.2 Å². The first kappa shape index (κ1) is 14.4. The van der Waals surface area contributed by atoms with Crippen molar-refractivity contribution in [1.29, 1.82) is 0 Å². The van der Waals surface area contributed by atoms with E-state index in [0.29, 0.717) is 5.75 Å². The van der Waals surface area contributed by atoms with Crippen molar-refractivity contribution >= 4 is 28.8 Å². The molecule has 0 fully saturated rings. The Kier molecular flexibility index (Phi) is 3.64. The minimum absolute atomic E-state index is 0.160. The van der Waals surface area contributed by atoms with E-state index >= 15 is 0 Å². The molecule has 0 N–H and O–H groups in total. The molecule has 3 rings (SSSR count). The van der Waals surface area contributed by atoms with Gasteiger partial charge in [-0.15, -0.1) is 0 Å². The fourth-order valence-corrected chi connectivity index (χ4v) is 2.30. The van der Waals surface area contributed by atoms with Gasteiger partial charge in [0, 0.05) is 9.78 Å². The van der Waals surface area contributed by atoms with E-state index in [4.69, 9.17) is 4.74 Å². The van der Waals surface area contributed by atoms with Gasteiger partial charge < -0.3 is 4.74 Å². The van der Waals surface area contributed by atoms with Crippen LogP contribution in [0.5, 0.6) is 11.5 Å². The Morgan fingerprint density at radius 2 is 1.62 bits per heavy atom. The molecular weight excluding hydrogens is 394 g/mol. The number of halogens is 4. The fourth-order valence-electron chi connectivity index (χ4n) is 1.94. The molecule has 21 heavy (non-hydrogen) atoms. The first-order valence-electron chi connectivity index (χ1n) is 6.11. The lowest BCUT2D eigenvalue weighted by atomic mass is 10.0. The van der Waals surface area contributed by atoms with Gasteiger partial charge in [0.05, 0.1) is 5.56 Å². The number of hydrogen-bond acceptors (Lipinski definition) is 2. The van der Waals surface area contributed by atoms with Crippen LogP contribution in [-0.2, 0) is 6.18 Å². The van der Waals surface area contributed by atoms with Gasteiger partial charge in [0.1, 0.15) is 17.5 Å². The number of benzene rings is 2. The molecule has 1 unspecified atom stereocenters. The zero-order valence-electron chi connectivity index (χ0n) is 10.6. The molecule has 108 valence electrons. The van der Waals surface area contributed by atoms with Crippen LogP contribution in [0.15, 0.2) is 47.5 Å². The highest BCUT2D eigenvalue weighted by molar-refractivity contribution is 14.1. The van der Waals surface area contributed by atoms with Crippen molar-refractivity contribution in [2.75, 3.05) is 0 Å². The molecule has 1 aliphatic heterocycles. The van der Waals surface area contributed by atoms with E-state index in [2.05, 4.69) is 27.6 Å². The van der Waals surface area contributed by atoms with Crippen molar-refractivity contribution in [3.05, 3.63) is 57.2 Å². The Labute approximate surface area is 132 Å².